The average molecular weight is 405 g/mol. The fraction of sp³-hybridized carbons (Fsp3) is 0.706. The van der Waals surface area contributed by atoms with Crippen molar-refractivity contribution in [2.45, 2.75) is 68.9 Å². The molecule has 3 aliphatic rings. The van der Waals surface area contributed by atoms with Crippen molar-refractivity contribution < 1.29 is 26.3 Å². The first-order valence-corrected chi connectivity index (χ1v) is 8.90. The lowest BCUT2D eigenvalue weighted by atomic mass is 9.88. The molecule has 1 heterocycles. The Morgan fingerprint density at radius 3 is 1.64 bits per heavy atom. The van der Waals surface area contributed by atoms with Gasteiger partial charge in [0.2, 0.25) is 17.7 Å². The third-order valence-corrected chi connectivity index (χ3v) is 5.11. The summed E-state index contributed by atoms with van der Waals surface area (Å²) in [4.78, 5) is 12.0. The lowest BCUT2D eigenvalue weighted by Crippen LogP contribution is -2.45. The van der Waals surface area contributed by atoms with E-state index in [1.165, 1.54) is 0 Å². The van der Waals surface area contributed by atoms with Crippen molar-refractivity contribution in [1.82, 2.24) is 15.0 Å². The maximum absolute atomic E-state index is 13.0. The Hall–Kier alpha value is -2.25. The molecule has 0 bridgehead atoms. The molecule has 1 aromatic rings. The topological polar surface area (TPSA) is 62.7 Å². The van der Waals surface area contributed by atoms with Gasteiger partial charge in [0.15, 0.2) is 0 Å². The molecular formula is C17H17F6N5. The van der Waals surface area contributed by atoms with Crippen molar-refractivity contribution in [3.63, 3.8) is 0 Å². The minimum Gasteiger partial charge on any atom is -0.351 e. The number of nitrogens with zero attached hydrogens (tertiary/aromatic N) is 3. The van der Waals surface area contributed by atoms with Gasteiger partial charge in [-0.2, -0.15) is 15.0 Å². The molecule has 5 nitrogen and oxygen atoms in total. The van der Waals surface area contributed by atoms with Crippen molar-refractivity contribution in [1.29, 1.82) is 0 Å². The van der Waals surface area contributed by atoms with Gasteiger partial charge in [0.1, 0.15) is 0 Å². The molecule has 0 saturated heterocycles. The number of hydrogen-bond donors (Lipinski definition) is 2. The van der Waals surface area contributed by atoms with Gasteiger partial charge < -0.3 is 10.6 Å². The number of aromatic nitrogens is 3. The van der Waals surface area contributed by atoms with E-state index in [0.29, 0.717) is 0 Å². The molecule has 0 aliphatic heterocycles. The molecule has 28 heavy (non-hydrogen) atoms. The Balaban J connectivity index is 1.52. The Kier molecular flexibility index (Phi) is 4.35. The van der Waals surface area contributed by atoms with Gasteiger partial charge in [-0.15, -0.1) is 0 Å². The molecule has 3 fully saturated rings. The van der Waals surface area contributed by atoms with Crippen molar-refractivity contribution in [2.75, 3.05) is 10.6 Å². The second kappa shape index (κ2) is 6.39. The van der Waals surface area contributed by atoms with E-state index in [9.17, 15) is 26.3 Å². The van der Waals surface area contributed by atoms with Crippen LogP contribution < -0.4 is 10.6 Å². The smallest absolute Gasteiger partial charge is 0.254 e. The largest absolute Gasteiger partial charge is 0.351 e. The maximum Gasteiger partial charge on any atom is 0.254 e. The number of rotatable bonds is 5. The predicted molar refractivity (Wildman–Crippen MR) is 87.6 cm³/mol. The SMILES string of the molecule is FC(F)C1(C#Cc2nc(NC3CC(F)(F)C3)nc(NC3CC(F)(F)C3)n2)CC1. The molecule has 0 spiro atoms. The highest BCUT2D eigenvalue weighted by molar-refractivity contribution is 5.41. The zero-order chi connectivity index (χ0) is 20.2. The van der Waals surface area contributed by atoms with Crippen LogP contribution in [0.4, 0.5) is 38.2 Å². The number of alkyl halides is 6. The normalized spacial score (nSPS) is 24.5. The van der Waals surface area contributed by atoms with Crippen molar-refractivity contribution >= 4 is 11.9 Å². The Morgan fingerprint density at radius 2 is 1.29 bits per heavy atom. The standard InChI is InChI=1S/C17H17F6N5/c18-12(19)15(3-4-15)2-1-11-26-13(24-9-5-16(20,21)6-9)28-14(27-11)25-10-7-17(22,23)8-10/h9-10,12H,3-8H2,(H2,24,25,26,27,28). The van der Waals surface area contributed by atoms with Crippen molar-refractivity contribution in [2.24, 2.45) is 5.41 Å². The van der Waals surface area contributed by atoms with Gasteiger partial charge in [0.05, 0.1) is 5.41 Å². The summed E-state index contributed by atoms with van der Waals surface area (Å²) in [5, 5.41) is 5.46. The van der Waals surface area contributed by atoms with Crippen LogP contribution in [-0.4, -0.2) is 45.3 Å². The van der Waals surface area contributed by atoms with Gasteiger partial charge in [0.25, 0.3) is 18.3 Å². The first kappa shape index (κ1) is 19.1. The molecule has 1 aromatic heterocycles. The van der Waals surface area contributed by atoms with Crippen LogP contribution in [0.5, 0.6) is 0 Å². The number of hydrogen-bond acceptors (Lipinski definition) is 5. The summed E-state index contributed by atoms with van der Waals surface area (Å²) in [5.41, 5.74) is -1.36. The summed E-state index contributed by atoms with van der Waals surface area (Å²) < 4.78 is 78.1. The second-order valence-electron chi connectivity index (χ2n) is 7.72. The van der Waals surface area contributed by atoms with Gasteiger partial charge in [-0.25, -0.2) is 26.3 Å². The van der Waals surface area contributed by atoms with Gasteiger partial charge in [-0.05, 0) is 18.8 Å². The summed E-state index contributed by atoms with van der Waals surface area (Å²) in [6.07, 6.45) is -3.58. The molecule has 152 valence electrons. The van der Waals surface area contributed by atoms with Crippen LogP contribution >= 0.6 is 0 Å². The van der Waals surface area contributed by atoms with E-state index in [1.807, 2.05) is 0 Å². The molecule has 11 heteroatoms. The highest BCUT2D eigenvalue weighted by Gasteiger charge is 2.50. The molecule has 2 N–H and O–H groups in total. The van der Waals surface area contributed by atoms with Gasteiger partial charge in [-0.3, -0.25) is 0 Å². The first-order chi connectivity index (χ1) is 13.0. The highest BCUT2D eigenvalue weighted by atomic mass is 19.3. The minimum atomic E-state index is -2.75. The molecule has 4 rings (SSSR count). The Bertz CT molecular complexity index is 769. The van der Waals surface area contributed by atoms with Crippen molar-refractivity contribution in [3.05, 3.63) is 5.82 Å². The summed E-state index contributed by atoms with van der Waals surface area (Å²) >= 11 is 0. The Morgan fingerprint density at radius 1 is 0.821 bits per heavy atom. The van der Waals surface area contributed by atoms with E-state index in [2.05, 4.69) is 37.4 Å². The average Bonchev–Trinajstić information content (AvgIpc) is 3.30. The van der Waals surface area contributed by atoms with E-state index in [-0.39, 0.29) is 56.2 Å². The predicted octanol–water partition coefficient (Wildman–Crippen LogP) is 3.69. The van der Waals surface area contributed by atoms with Crippen LogP contribution in [0.1, 0.15) is 44.3 Å². The first-order valence-electron chi connectivity index (χ1n) is 8.90. The zero-order valence-corrected chi connectivity index (χ0v) is 14.6. The molecule has 3 saturated carbocycles. The number of nitrogens with one attached hydrogen (secondary N) is 2. The van der Waals surface area contributed by atoms with Gasteiger partial charge in [-0.1, -0.05) is 5.92 Å². The van der Waals surface area contributed by atoms with E-state index in [4.69, 9.17) is 0 Å². The summed E-state index contributed by atoms with van der Waals surface area (Å²) in [6, 6.07) is -1.09. The summed E-state index contributed by atoms with van der Waals surface area (Å²) in [7, 11) is 0. The lowest BCUT2D eigenvalue weighted by molar-refractivity contribution is -0.0799. The van der Waals surface area contributed by atoms with Crippen molar-refractivity contribution in [3.8, 4) is 11.8 Å². The van der Waals surface area contributed by atoms with Crippen LogP contribution in [0.25, 0.3) is 0 Å². The monoisotopic (exact) mass is 405 g/mol. The third-order valence-electron chi connectivity index (χ3n) is 5.11. The molecule has 3 aliphatic carbocycles. The molecule has 0 radical (unpaired) electrons. The molecule has 0 aromatic carbocycles. The van der Waals surface area contributed by atoms with Crippen LogP contribution in [-0.2, 0) is 0 Å². The van der Waals surface area contributed by atoms with E-state index in [0.717, 1.165) is 0 Å². The zero-order valence-electron chi connectivity index (χ0n) is 14.6. The highest BCUT2D eigenvalue weighted by Crippen LogP contribution is 2.50. The van der Waals surface area contributed by atoms with E-state index < -0.39 is 35.8 Å². The second-order valence-corrected chi connectivity index (χ2v) is 7.72. The summed E-state index contributed by atoms with van der Waals surface area (Å²) in [6.45, 7) is 0. The quantitative estimate of drug-likeness (QED) is 0.578. The fourth-order valence-corrected chi connectivity index (χ4v) is 3.17. The number of halogens is 6. The van der Waals surface area contributed by atoms with Crippen LogP contribution in [0, 0.1) is 17.3 Å². The Labute approximate surface area is 156 Å². The molecule has 0 amide bonds. The fourth-order valence-electron chi connectivity index (χ4n) is 3.17. The molecular weight excluding hydrogens is 388 g/mol. The van der Waals surface area contributed by atoms with Gasteiger partial charge >= 0.3 is 0 Å². The van der Waals surface area contributed by atoms with E-state index >= 15 is 0 Å². The van der Waals surface area contributed by atoms with Gasteiger partial charge in [0, 0.05) is 37.8 Å². The molecule has 0 atom stereocenters. The van der Waals surface area contributed by atoms with E-state index in [1.54, 1.807) is 0 Å². The lowest BCUT2D eigenvalue weighted by Gasteiger charge is -2.36. The maximum atomic E-state index is 13.0. The summed E-state index contributed by atoms with van der Waals surface area (Å²) in [5.74, 6) is -0.737. The minimum absolute atomic E-state index is 0.0460. The number of anilines is 2. The van der Waals surface area contributed by atoms with Crippen LogP contribution in [0.15, 0.2) is 0 Å². The van der Waals surface area contributed by atoms with Crippen LogP contribution in [0.3, 0.4) is 0 Å². The van der Waals surface area contributed by atoms with Crippen LogP contribution in [0.2, 0.25) is 0 Å². The molecule has 0 unspecified atom stereocenters. The third kappa shape index (κ3) is 4.10.